The lowest BCUT2D eigenvalue weighted by atomic mass is 10.1. The number of fused-ring (bicyclic) bond motifs is 3. The van der Waals surface area contributed by atoms with E-state index in [4.69, 9.17) is 0 Å². The third-order valence-corrected chi connectivity index (χ3v) is 2.81. The maximum atomic E-state index is 12.0. The van der Waals surface area contributed by atoms with Crippen molar-refractivity contribution < 1.29 is 9.36 Å². The molecule has 1 heterocycles. The van der Waals surface area contributed by atoms with Crippen molar-refractivity contribution in [1.82, 2.24) is 0 Å². The molecule has 0 unspecified atom stereocenters. The molecule has 72 valence electrons. The molecule has 0 saturated heterocycles. The smallest absolute Gasteiger partial charge is 0.194 e. The van der Waals surface area contributed by atoms with Crippen LogP contribution in [0.3, 0.4) is 0 Å². The summed E-state index contributed by atoms with van der Waals surface area (Å²) in [4.78, 5) is 12.0. The lowest BCUT2D eigenvalue weighted by Crippen LogP contribution is -2.26. The van der Waals surface area contributed by atoms with Crippen LogP contribution in [0.5, 0.6) is 0 Å². The third-order valence-electron chi connectivity index (χ3n) is 2.81. The lowest BCUT2D eigenvalue weighted by Gasteiger charge is -1.95. The molecule has 0 bridgehead atoms. The van der Waals surface area contributed by atoms with Gasteiger partial charge in [0, 0.05) is 17.2 Å². The molecule has 0 fully saturated rings. The van der Waals surface area contributed by atoms with Crippen LogP contribution in [0.2, 0.25) is 0 Å². The second-order valence-corrected chi connectivity index (χ2v) is 3.81. The van der Waals surface area contributed by atoms with Crippen molar-refractivity contribution in [3.05, 3.63) is 53.9 Å². The first-order valence-corrected chi connectivity index (χ1v) is 4.91. The fourth-order valence-electron chi connectivity index (χ4n) is 2.07. The van der Waals surface area contributed by atoms with Gasteiger partial charge in [-0.3, -0.25) is 4.79 Å². The summed E-state index contributed by atoms with van der Waals surface area (Å²) in [7, 11) is 1.96. The molecule has 0 atom stereocenters. The van der Waals surface area contributed by atoms with Gasteiger partial charge in [0.1, 0.15) is 7.05 Å². The van der Waals surface area contributed by atoms with Gasteiger partial charge in [-0.25, -0.2) is 4.57 Å². The van der Waals surface area contributed by atoms with Gasteiger partial charge in [0.05, 0.1) is 5.56 Å². The normalized spacial score (nSPS) is 12.5. The molecule has 0 spiro atoms. The number of rotatable bonds is 0. The van der Waals surface area contributed by atoms with Crippen LogP contribution in [0.15, 0.2) is 42.7 Å². The molecule has 0 aliphatic heterocycles. The highest BCUT2D eigenvalue weighted by molar-refractivity contribution is 6.21. The van der Waals surface area contributed by atoms with E-state index < -0.39 is 0 Å². The van der Waals surface area contributed by atoms with Crippen LogP contribution in [0, 0.1) is 0 Å². The molecule has 0 amide bonds. The van der Waals surface area contributed by atoms with E-state index in [1.165, 1.54) is 0 Å². The number of hydrogen-bond donors (Lipinski definition) is 0. The number of ketones is 1. The predicted molar refractivity (Wildman–Crippen MR) is 56.5 cm³/mol. The van der Waals surface area contributed by atoms with Gasteiger partial charge in [-0.1, -0.05) is 24.3 Å². The largest absolute Gasteiger partial charge is 0.289 e. The van der Waals surface area contributed by atoms with Crippen molar-refractivity contribution in [2.24, 2.45) is 7.05 Å². The Kier molecular flexibility index (Phi) is 1.54. The first-order chi connectivity index (χ1) is 7.27. The molecule has 1 aromatic heterocycles. The van der Waals surface area contributed by atoms with E-state index in [1.807, 2.05) is 54.3 Å². The van der Waals surface area contributed by atoms with E-state index in [9.17, 15) is 4.79 Å². The van der Waals surface area contributed by atoms with Crippen LogP contribution in [0.1, 0.15) is 15.9 Å². The summed E-state index contributed by atoms with van der Waals surface area (Å²) < 4.78 is 1.97. The molecule has 1 aliphatic carbocycles. The second-order valence-electron chi connectivity index (χ2n) is 3.81. The monoisotopic (exact) mass is 196 g/mol. The minimum Gasteiger partial charge on any atom is -0.289 e. The Morgan fingerprint density at radius 1 is 0.933 bits per heavy atom. The molecule has 0 saturated carbocycles. The van der Waals surface area contributed by atoms with E-state index in [-0.39, 0.29) is 5.78 Å². The maximum Gasteiger partial charge on any atom is 0.194 e. The number of pyridine rings is 1. The highest BCUT2D eigenvalue weighted by atomic mass is 16.1. The van der Waals surface area contributed by atoms with Gasteiger partial charge in [0.25, 0.3) is 0 Å². The molecule has 2 heteroatoms. The number of aromatic nitrogens is 1. The van der Waals surface area contributed by atoms with Gasteiger partial charge in [-0.05, 0) is 5.56 Å². The van der Waals surface area contributed by atoms with Crippen molar-refractivity contribution in [2.75, 3.05) is 0 Å². The Hall–Kier alpha value is -1.96. The second kappa shape index (κ2) is 2.76. The molecule has 1 aliphatic rings. The van der Waals surface area contributed by atoms with Gasteiger partial charge < -0.3 is 0 Å². The van der Waals surface area contributed by atoms with Crippen LogP contribution in [0.4, 0.5) is 0 Å². The number of carbonyl (C=O) groups is 1. The Balaban J connectivity index is 2.39. The molecule has 0 N–H and O–H groups in total. The first kappa shape index (κ1) is 8.36. The zero-order valence-electron chi connectivity index (χ0n) is 8.40. The molecule has 15 heavy (non-hydrogen) atoms. The van der Waals surface area contributed by atoms with Gasteiger partial charge in [0.2, 0.25) is 0 Å². The van der Waals surface area contributed by atoms with Crippen LogP contribution < -0.4 is 4.57 Å². The topological polar surface area (TPSA) is 20.9 Å². The maximum absolute atomic E-state index is 12.0. The highest BCUT2D eigenvalue weighted by Crippen LogP contribution is 2.34. The summed E-state index contributed by atoms with van der Waals surface area (Å²) in [6.07, 6.45) is 3.90. The number of carbonyl (C=O) groups excluding carboxylic acids is 1. The molecule has 2 aromatic rings. The molecule has 1 aromatic carbocycles. The van der Waals surface area contributed by atoms with Crippen LogP contribution in [0.25, 0.3) is 11.1 Å². The van der Waals surface area contributed by atoms with Crippen molar-refractivity contribution in [1.29, 1.82) is 0 Å². The zero-order chi connectivity index (χ0) is 10.4. The number of benzene rings is 1. The quantitative estimate of drug-likeness (QED) is 0.501. The summed E-state index contributed by atoms with van der Waals surface area (Å²) in [5.74, 6) is 0.140. The Morgan fingerprint density at radius 2 is 1.60 bits per heavy atom. The van der Waals surface area contributed by atoms with E-state index in [0.29, 0.717) is 0 Å². The minimum absolute atomic E-state index is 0.140. The Labute approximate surface area is 87.8 Å². The molecule has 2 nitrogen and oxygen atoms in total. The van der Waals surface area contributed by atoms with Crippen LogP contribution in [-0.2, 0) is 7.05 Å². The third kappa shape index (κ3) is 1.05. The molecule has 3 rings (SSSR count). The average Bonchev–Trinajstić information content (AvgIpc) is 2.54. The van der Waals surface area contributed by atoms with Crippen molar-refractivity contribution in [2.45, 2.75) is 0 Å². The average molecular weight is 196 g/mol. The lowest BCUT2D eigenvalue weighted by molar-refractivity contribution is -0.671. The standard InChI is InChI=1S/C13H10NO/c1-14-7-6-11-12(8-14)9-4-2-3-5-10(9)13(11)15/h2-8H,1H3/q+1. The Morgan fingerprint density at radius 3 is 2.40 bits per heavy atom. The van der Waals surface area contributed by atoms with E-state index in [0.717, 1.165) is 22.3 Å². The van der Waals surface area contributed by atoms with Crippen molar-refractivity contribution >= 4 is 5.78 Å². The van der Waals surface area contributed by atoms with Gasteiger partial charge >= 0.3 is 0 Å². The Bertz CT molecular complexity index is 572. The molecular formula is C13H10NO+. The minimum atomic E-state index is 0.140. The first-order valence-electron chi connectivity index (χ1n) is 4.91. The van der Waals surface area contributed by atoms with E-state index >= 15 is 0 Å². The van der Waals surface area contributed by atoms with Gasteiger partial charge in [-0.2, -0.15) is 0 Å². The van der Waals surface area contributed by atoms with E-state index in [1.54, 1.807) is 0 Å². The predicted octanol–water partition coefficient (Wildman–Crippen LogP) is 1.72. The fraction of sp³-hybridized carbons (Fsp3) is 0.0769. The summed E-state index contributed by atoms with van der Waals surface area (Å²) in [5, 5.41) is 0. The summed E-state index contributed by atoms with van der Waals surface area (Å²) in [5.41, 5.74) is 3.72. The number of hydrogen-bond acceptors (Lipinski definition) is 1. The summed E-state index contributed by atoms with van der Waals surface area (Å²) in [6, 6.07) is 9.64. The van der Waals surface area contributed by atoms with Gasteiger partial charge in [-0.15, -0.1) is 0 Å². The number of aryl methyl sites for hydroxylation is 1. The van der Waals surface area contributed by atoms with Crippen molar-refractivity contribution in [3.8, 4) is 11.1 Å². The summed E-state index contributed by atoms with van der Waals surface area (Å²) >= 11 is 0. The summed E-state index contributed by atoms with van der Waals surface area (Å²) in [6.45, 7) is 0. The van der Waals surface area contributed by atoms with Gasteiger partial charge in [0.15, 0.2) is 18.2 Å². The molecule has 0 radical (unpaired) electrons. The van der Waals surface area contributed by atoms with Crippen molar-refractivity contribution in [3.63, 3.8) is 0 Å². The highest BCUT2D eigenvalue weighted by Gasteiger charge is 2.27. The van der Waals surface area contributed by atoms with Crippen LogP contribution in [-0.4, -0.2) is 5.78 Å². The number of nitrogens with zero attached hydrogens (tertiary/aromatic N) is 1. The fourth-order valence-corrected chi connectivity index (χ4v) is 2.07. The molecular weight excluding hydrogens is 186 g/mol. The van der Waals surface area contributed by atoms with E-state index in [2.05, 4.69) is 0 Å². The SMILES string of the molecule is C[n+]1ccc2c(c1)-c1ccccc1C2=O. The zero-order valence-corrected chi connectivity index (χ0v) is 8.40. The van der Waals surface area contributed by atoms with Crippen LogP contribution >= 0.6 is 0 Å².